The number of ether oxygens (including phenoxy) is 1. The van der Waals surface area contributed by atoms with E-state index in [-0.39, 0.29) is 5.91 Å². The second-order valence-electron chi connectivity index (χ2n) is 6.39. The molecule has 1 aromatic carbocycles. The zero-order chi connectivity index (χ0) is 15.2. The molecule has 1 heterocycles. The van der Waals surface area contributed by atoms with E-state index in [0.717, 1.165) is 44.3 Å². The van der Waals surface area contributed by atoms with Crippen molar-refractivity contribution in [2.45, 2.75) is 25.7 Å². The minimum atomic E-state index is 0.280. The van der Waals surface area contributed by atoms with Crippen LogP contribution in [0.3, 0.4) is 0 Å². The minimum Gasteiger partial charge on any atom is -0.494 e. The van der Waals surface area contributed by atoms with Crippen LogP contribution < -0.4 is 4.74 Å². The third-order valence-corrected chi connectivity index (χ3v) is 4.49. The molecule has 0 radical (unpaired) electrons. The van der Waals surface area contributed by atoms with Gasteiger partial charge in [0.25, 0.3) is 0 Å². The Labute approximate surface area is 133 Å². The van der Waals surface area contributed by atoms with E-state index in [2.05, 4.69) is 4.90 Å². The average molecular weight is 302 g/mol. The summed E-state index contributed by atoms with van der Waals surface area (Å²) in [6.07, 6.45) is 4.19. The predicted molar refractivity (Wildman–Crippen MR) is 86.9 cm³/mol. The van der Waals surface area contributed by atoms with Gasteiger partial charge in [-0.25, -0.2) is 0 Å². The SMILES string of the molecule is O=C(CCCOc1ccccc1)N1CCN(CC2CC2)CC1. The third kappa shape index (κ3) is 4.73. The van der Waals surface area contributed by atoms with Crippen LogP contribution in [0, 0.1) is 5.92 Å². The molecule has 2 fully saturated rings. The number of carbonyl (C=O) groups is 1. The second kappa shape index (κ2) is 7.63. The molecule has 1 aliphatic heterocycles. The number of nitrogens with zero attached hydrogens (tertiary/aromatic N) is 2. The minimum absolute atomic E-state index is 0.280. The summed E-state index contributed by atoms with van der Waals surface area (Å²) in [6.45, 7) is 5.73. The van der Waals surface area contributed by atoms with Gasteiger partial charge in [-0.3, -0.25) is 9.69 Å². The van der Waals surface area contributed by atoms with Gasteiger partial charge in [0, 0.05) is 39.1 Å². The summed E-state index contributed by atoms with van der Waals surface area (Å²) in [7, 11) is 0. The fourth-order valence-corrected chi connectivity index (χ4v) is 2.93. The standard InChI is InChI=1S/C18H26N2O2/c21-18(7-4-14-22-17-5-2-1-3-6-17)20-12-10-19(11-13-20)15-16-8-9-16/h1-3,5-6,16H,4,7-15H2. The molecule has 4 heteroatoms. The van der Waals surface area contributed by atoms with E-state index >= 15 is 0 Å². The molecule has 0 spiro atoms. The van der Waals surface area contributed by atoms with E-state index < -0.39 is 0 Å². The maximum absolute atomic E-state index is 12.2. The van der Waals surface area contributed by atoms with E-state index in [0.29, 0.717) is 13.0 Å². The highest BCUT2D eigenvalue weighted by Gasteiger charge is 2.27. The molecule has 0 N–H and O–H groups in total. The molecule has 120 valence electrons. The van der Waals surface area contributed by atoms with Crippen LogP contribution in [0.1, 0.15) is 25.7 Å². The molecule has 0 bridgehead atoms. The zero-order valence-electron chi connectivity index (χ0n) is 13.2. The molecule has 3 rings (SSSR count). The first-order valence-electron chi connectivity index (χ1n) is 8.49. The predicted octanol–water partition coefficient (Wildman–Crippen LogP) is 2.40. The summed E-state index contributed by atoms with van der Waals surface area (Å²) in [5, 5.41) is 0. The number of hydrogen-bond donors (Lipinski definition) is 0. The third-order valence-electron chi connectivity index (χ3n) is 4.49. The van der Waals surface area contributed by atoms with Gasteiger partial charge in [-0.05, 0) is 37.3 Å². The van der Waals surface area contributed by atoms with Crippen LogP contribution in [0.25, 0.3) is 0 Å². The van der Waals surface area contributed by atoms with Gasteiger partial charge in [0.15, 0.2) is 0 Å². The molecule has 1 saturated carbocycles. The smallest absolute Gasteiger partial charge is 0.222 e. The lowest BCUT2D eigenvalue weighted by Gasteiger charge is -2.34. The van der Waals surface area contributed by atoms with Gasteiger partial charge in [0.1, 0.15) is 5.75 Å². The summed E-state index contributed by atoms with van der Waals surface area (Å²) in [6, 6.07) is 9.78. The van der Waals surface area contributed by atoms with Crippen molar-refractivity contribution in [2.24, 2.45) is 5.92 Å². The Hall–Kier alpha value is -1.55. The van der Waals surface area contributed by atoms with Crippen molar-refractivity contribution in [1.29, 1.82) is 0 Å². The fraction of sp³-hybridized carbons (Fsp3) is 0.611. The molecule has 2 aliphatic rings. The van der Waals surface area contributed by atoms with Crippen LogP contribution in [0.15, 0.2) is 30.3 Å². The van der Waals surface area contributed by atoms with Crippen LogP contribution >= 0.6 is 0 Å². The molecular weight excluding hydrogens is 276 g/mol. The first kappa shape index (κ1) is 15.3. The van der Waals surface area contributed by atoms with Crippen molar-refractivity contribution < 1.29 is 9.53 Å². The zero-order valence-corrected chi connectivity index (χ0v) is 13.2. The molecule has 4 nitrogen and oxygen atoms in total. The molecule has 0 unspecified atom stereocenters. The number of carbonyl (C=O) groups excluding carboxylic acids is 1. The maximum Gasteiger partial charge on any atom is 0.222 e. The first-order valence-corrected chi connectivity index (χ1v) is 8.49. The van der Waals surface area contributed by atoms with Crippen LogP contribution in [0.5, 0.6) is 5.75 Å². The van der Waals surface area contributed by atoms with Crippen LogP contribution in [0.2, 0.25) is 0 Å². The summed E-state index contributed by atoms with van der Waals surface area (Å²) in [4.78, 5) is 16.7. The summed E-state index contributed by atoms with van der Waals surface area (Å²) in [5.74, 6) is 2.10. The number of benzene rings is 1. The van der Waals surface area contributed by atoms with Gasteiger partial charge in [0.2, 0.25) is 5.91 Å². The summed E-state index contributed by atoms with van der Waals surface area (Å²) < 4.78 is 5.63. The van der Waals surface area contributed by atoms with E-state index in [4.69, 9.17) is 4.74 Å². The Bertz CT molecular complexity index is 465. The number of para-hydroxylation sites is 1. The van der Waals surface area contributed by atoms with Gasteiger partial charge in [-0.15, -0.1) is 0 Å². The van der Waals surface area contributed by atoms with Crippen molar-refractivity contribution >= 4 is 5.91 Å². The average Bonchev–Trinajstić information content (AvgIpc) is 3.37. The lowest BCUT2D eigenvalue weighted by molar-refractivity contribution is -0.133. The topological polar surface area (TPSA) is 32.8 Å². The van der Waals surface area contributed by atoms with Gasteiger partial charge >= 0.3 is 0 Å². The largest absolute Gasteiger partial charge is 0.494 e. The molecule has 1 saturated heterocycles. The highest BCUT2D eigenvalue weighted by atomic mass is 16.5. The Balaban J connectivity index is 1.29. The molecule has 1 amide bonds. The maximum atomic E-state index is 12.2. The Kier molecular flexibility index (Phi) is 5.33. The molecule has 22 heavy (non-hydrogen) atoms. The highest BCUT2D eigenvalue weighted by molar-refractivity contribution is 5.76. The van der Waals surface area contributed by atoms with Gasteiger partial charge < -0.3 is 9.64 Å². The number of rotatable bonds is 7. The number of hydrogen-bond acceptors (Lipinski definition) is 3. The molecular formula is C18H26N2O2. The molecule has 0 aromatic heterocycles. The Morgan fingerprint density at radius 1 is 1.09 bits per heavy atom. The van der Waals surface area contributed by atoms with E-state index in [9.17, 15) is 4.79 Å². The molecule has 0 atom stereocenters. The summed E-state index contributed by atoms with van der Waals surface area (Å²) >= 11 is 0. The van der Waals surface area contributed by atoms with Gasteiger partial charge in [-0.2, -0.15) is 0 Å². The van der Waals surface area contributed by atoms with Gasteiger partial charge in [-0.1, -0.05) is 18.2 Å². The van der Waals surface area contributed by atoms with E-state index in [1.54, 1.807) is 0 Å². The number of amides is 1. The van der Waals surface area contributed by atoms with Crippen LogP contribution in [0.4, 0.5) is 0 Å². The van der Waals surface area contributed by atoms with Crippen molar-refractivity contribution in [3.05, 3.63) is 30.3 Å². The van der Waals surface area contributed by atoms with E-state index in [1.807, 2.05) is 35.2 Å². The fourth-order valence-electron chi connectivity index (χ4n) is 2.93. The quantitative estimate of drug-likeness (QED) is 0.725. The lowest BCUT2D eigenvalue weighted by atomic mass is 10.2. The molecule has 1 aliphatic carbocycles. The molecule has 1 aromatic rings. The Morgan fingerprint density at radius 3 is 2.50 bits per heavy atom. The first-order chi connectivity index (χ1) is 10.8. The van der Waals surface area contributed by atoms with Crippen molar-refractivity contribution in [1.82, 2.24) is 9.80 Å². The normalized spacial score (nSPS) is 19.2. The van der Waals surface area contributed by atoms with Crippen LogP contribution in [-0.4, -0.2) is 55.0 Å². The number of piperazine rings is 1. The van der Waals surface area contributed by atoms with Crippen LogP contribution in [-0.2, 0) is 4.79 Å². The van der Waals surface area contributed by atoms with Crippen molar-refractivity contribution in [3.63, 3.8) is 0 Å². The highest BCUT2D eigenvalue weighted by Crippen LogP contribution is 2.29. The van der Waals surface area contributed by atoms with Gasteiger partial charge in [0.05, 0.1) is 6.61 Å². The van der Waals surface area contributed by atoms with Crippen molar-refractivity contribution in [2.75, 3.05) is 39.3 Å². The monoisotopic (exact) mass is 302 g/mol. The Morgan fingerprint density at radius 2 is 1.82 bits per heavy atom. The second-order valence-corrected chi connectivity index (χ2v) is 6.39. The summed E-state index contributed by atoms with van der Waals surface area (Å²) in [5.41, 5.74) is 0. The lowest BCUT2D eigenvalue weighted by Crippen LogP contribution is -2.49. The van der Waals surface area contributed by atoms with E-state index in [1.165, 1.54) is 19.4 Å². The van der Waals surface area contributed by atoms with Crippen molar-refractivity contribution in [3.8, 4) is 5.75 Å².